The van der Waals surface area contributed by atoms with Crippen molar-refractivity contribution in [2.45, 2.75) is 26.7 Å². The van der Waals surface area contributed by atoms with Gasteiger partial charge < -0.3 is 10.2 Å². The summed E-state index contributed by atoms with van der Waals surface area (Å²) in [6.45, 7) is 6.16. The number of hydrogen-bond acceptors (Lipinski definition) is 4. The van der Waals surface area contributed by atoms with Gasteiger partial charge in [0.25, 0.3) is 0 Å². The summed E-state index contributed by atoms with van der Waals surface area (Å²) in [6.07, 6.45) is 3.85. The Kier molecular flexibility index (Phi) is 6.28. The molecule has 2 aromatic rings. The summed E-state index contributed by atoms with van der Waals surface area (Å²) >= 11 is 12.4. The van der Waals surface area contributed by atoms with Gasteiger partial charge in [-0.25, -0.2) is 4.98 Å². The van der Waals surface area contributed by atoms with Crippen LogP contribution in [-0.4, -0.2) is 23.1 Å². The van der Waals surface area contributed by atoms with Gasteiger partial charge in [-0.15, -0.1) is 0 Å². The van der Waals surface area contributed by atoms with E-state index in [9.17, 15) is 0 Å². The molecule has 0 saturated heterocycles. The third kappa shape index (κ3) is 4.24. The van der Waals surface area contributed by atoms with Gasteiger partial charge in [0, 0.05) is 19.3 Å². The molecule has 0 atom stereocenters. The Morgan fingerprint density at radius 2 is 1.68 bits per heavy atom. The van der Waals surface area contributed by atoms with E-state index < -0.39 is 0 Å². The Hall–Kier alpha value is -1.52. The molecule has 0 radical (unpaired) electrons. The third-order valence-electron chi connectivity index (χ3n) is 3.13. The Bertz CT molecular complexity index is 593. The summed E-state index contributed by atoms with van der Waals surface area (Å²) in [6, 6.07) is 7.20. The number of rotatable bonds is 7. The van der Waals surface area contributed by atoms with E-state index in [2.05, 4.69) is 34.0 Å². The summed E-state index contributed by atoms with van der Waals surface area (Å²) in [5.74, 6) is 1.40. The van der Waals surface area contributed by atoms with Crippen LogP contribution in [0, 0.1) is 0 Å². The Morgan fingerprint density at radius 1 is 1.05 bits per heavy atom. The van der Waals surface area contributed by atoms with E-state index in [4.69, 9.17) is 23.2 Å². The number of nitrogens with one attached hydrogen (secondary N) is 1. The Balaban J connectivity index is 2.24. The predicted molar refractivity (Wildman–Crippen MR) is 94.6 cm³/mol. The maximum atomic E-state index is 6.18. The number of halogens is 2. The second kappa shape index (κ2) is 8.20. The van der Waals surface area contributed by atoms with E-state index in [1.807, 2.05) is 6.07 Å². The molecule has 0 aliphatic heterocycles. The Labute approximate surface area is 141 Å². The van der Waals surface area contributed by atoms with Crippen LogP contribution in [-0.2, 0) is 0 Å². The molecule has 0 aliphatic rings. The molecule has 0 saturated carbocycles. The summed E-state index contributed by atoms with van der Waals surface area (Å²) < 4.78 is 0. The van der Waals surface area contributed by atoms with Crippen LogP contribution in [0.25, 0.3) is 0 Å². The minimum absolute atomic E-state index is 0.562. The normalized spacial score (nSPS) is 10.5. The zero-order chi connectivity index (χ0) is 15.9. The van der Waals surface area contributed by atoms with E-state index in [1.54, 1.807) is 24.4 Å². The molecule has 22 heavy (non-hydrogen) atoms. The highest BCUT2D eigenvalue weighted by atomic mass is 35.5. The smallest absolute Gasteiger partial charge is 0.227 e. The molecule has 1 N–H and O–H groups in total. The molecule has 1 heterocycles. The third-order valence-corrected chi connectivity index (χ3v) is 3.76. The minimum Gasteiger partial charge on any atom is -0.341 e. The molecule has 0 aliphatic carbocycles. The monoisotopic (exact) mass is 338 g/mol. The van der Waals surface area contributed by atoms with Crippen LogP contribution in [0.3, 0.4) is 0 Å². The molecule has 4 nitrogen and oxygen atoms in total. The first-order valence-corrected chi connectivity index (χ1v) is 8.20. The van der Waals surface area contributed by atoms with Crippen molar-refractivity contribution >= 4 is 40.7 Å². The highest BCUT2D eigenvalue weighted by Crippen LogP contribution is 2.32. The SMILES string of the molecule is CCCN(CCC)c1nccc(Nc2c(Cl)cccc2Cl)n1. The van der Waals surface area contributed by atoms with E-state index in [-0.39, 0.29) is 0 Å². The van der Waals surface area contributed by atoms with E-state index in [0.29, 0.717) is 21.6 Å². The molecule has 0 amide bonds. The molecule has 2 rings (SSSR count). The highest BCUT2D eigenvalue weighted by molar-refractivity contribution is 6.39. The fraction of sp³-hybridized carbons (Fsp3) is 0.375. The predicted octanol–water partition coefficient (Wildman–Crippen LogP) is 5.15. The molecule has 6 heteroatoms. The van der Waals surface area contributed by atoms with Crippen molar-refractivity contribution in [3.05, 3.63) is 40.5 Å². The first-order chi connectivity index (χ1) is 10.7. The number of anilines is 3. The molecule has 0 fully saturated rings. The van der Waals surface area contributed by atoms with Crippen molar-refractivity contribution in [1.82, 2.24) is 9.97 Å². The second-order valence-corrected chi connectivity index (χ2v) is 5.76. The second-order valence-electron chi connectivity index (χ2n) is 4.95. The van der Waals surface area contributed by atoms with Crippen molar-refractivity contribution in [2.24, 2.45) is 0 Å². The summed E-state index contributed by atoms with van der Waals surface area (Å²) in [7, 11) is 0. The van der Waals surface area contributed by atoms with E-state index >= 15 is 0 Å². The molecule has 0 spiro atoms. The van der Waals surface area contributed by atoms with Crippen LogP contribution < -0.4 is 10.2 Å². The average molecular weight is 339 g/mol. The molecular formula is C16H20Cl2N4. The maximum absolute atomic E-state index is 6.18. The number of para-hydroxylation sites is 1. The van der Waals surface area contributed by atoms with Gasteiger partial charge in [-0.2, -0.15) is 4.98 Å². The van der Waals surface area contributed by atoms with Crippen LogP contribution in [0.15, 0.2) is 30.5 Å². The summed E-state index contributed by atoms with van der Waals surface area (Å²) in [4.78, 5) is 11.1. The standard InChI is InChI=1S/C16H20Cl2N4/c1-3-10-22(11-4-2)16-19-9-8-14(21-16)20-15-12(17)6-5-7-13(15)18/h5-9H,3-4,10-11H2,1-2H3,(H,19,20,21). The molecule has 0 unspecified atom stereocenters. The van der Waals surface area contributed by atoms with Gasteiger partial charge in [-0.05, 0) is 31.0 Å². The lowest BCUT2D eigenvalue weighted by Gasteiger charge is -2.21. The quantitative estimate of drug-likeness (QED) is 0.757. The van der Waals surface area contributed by atoms with Crippen LogP contribution in [0.4, 0.5) is 17.5 Å². The lowest BCUT2D eigenvalue weighted by atomic mass is 10.3. The largest absolute Gasteiger partial charge is 0.341 e. The highest BCUT2D eigenvalue weighted by Gasteiger charge is 2.10. The van der Waals surface area contributed by atoms with Crippen molar-refractivity contribution in [1.29, 1.82) is 0 Å². The van der Waals surface area contributed by atoms with Crippen molar-refractivity contribution < 1.29 is 0 Å². The van der Waals surface area contributed by atoms with Crippen LogP contribution in [0.1, 0.15) is 26.7 Å². The van der Waals surface area contributed by atoms with Crippen molar-refractivity contribution in [3.8, 4) is 0 Å². The van der Waals surface area contributed by atoms with Crippen molar-refractivity contribution in [2.75, 3.05) is 23.3 Å². The van der Waals surface area contributed by atoms with Gasteiger partial charge in [0.2, 0.25) is 5.95 Å². The van der Waals surface area contributed by atoms with Gasteiger partial charge in [0.15, 0.2) is 0 Å². The maximum Gasteiger partial charge on any atom is 0.227 e. The Morgan fingerprint density at radius 3 is 2.27 bits per heavy atom. The first-order valence-electron chi connectivity index (χ1n) is 7.44. The molecule has 118 valence electrons. The number of hydrogen-bond donors (Lipinski definition) is 1. The molecular weight excluding hydrogens is 319 g/mol. The zero-order valence-electron chi connectivity index (χ0n) is 12.8. The topological polar surface area (TPSA) is 41.1 Å². The number of aromatic nitrogens is 2. The van der Waals surface area contributed by atoms with Crippen LogP contribution in [0.5, 0.6) is 0 Å². The average Bonchev–Trinajstić information content (AvgIpc) is 2.51. The molecule has 0 bridgehead atoms. The summed E-state index contributed by atoms with van der Waals surface area (Å²) in [5.41, 5.74) is 0.660. The van der Waals surface area contributed by atoms with Crippen molar-refractivity contribution in [3.63, 3.8) is 0 Å². The van der Waals surface area contributed by atoms with Crippen LogP contribution in [0.2, 0.25) is 10.0 Å². The van der Waals surface area contributed by atoms with Gasteiger partial charge in [0.05, 0.1) is 15.7 Å². The first kappa shape index (κ1) is 16.8. The minimum atomic E-state index is 0.562. The summed E-state index contributed by atoms with van der Waals surface area (Å²) in [5, 5.41) is 4.30. The van der Waals surface area contributed by atoms with E-state index in [1.165, 1.54) is 0 Å². The van der Waals surface area contributed by atoms with Gasteiger partial charge in [0.1, 0.15) is 5.82 Å². The fourth-order valence-electron chi connectivity index (χ4n) is 2.17. The lowest BCUT2D eigenvalue weighted by Crippen LogP contribution is -2.27. The lowest BCUT2D eigenvalue weighted by molar-refractivity contribution is 0.722. The number of benzene rings is 1. The molecule has 1 aromatic carbocycles. The number of nitrogens with zero attached hydrogens (tertiary/aromatic N) is 3. The van der Waals surface area contributed by atoms with Gasteiger partial charge in [-0.1, -0.05) is 43.1 Å². The van der Waals surface area contributed by atoms with Crippen LogP contribution >= 0.6 is 23.2 Å². The van der Waals surface area contributed by atoms with E-state index in [0.717, 1.165) is 31.9 Å². The van der Waals surface area contributed by atoms with Gasteiger partial charge in [-0.3, -0.25) is 0 Å². The zero-order valence-corrected chi connectivity index (χ0v) is 14.3. The molecule has 1 aromatic heterocycles. The fourth-order valence-corrected chi connectivity index (χ4v) is 2.66. The van der Waals surface area contributed by atoms with Gasteiger partial charge >= 0.3 is 0 Å².